The van der Waals surface area contributed by atoms with Crippen molar-refractivity contribution in [2.24, 2.45) is 5.18 Å². The summed E-state index contributed by atoms with van der Waals surface area (Å²) in [6, 6.07) is -1.17. The number of aliphatic hydroxyl groups excluding tert-OH is 2. The summed E-state index contributed by atoms with van der Waals surface area (Å²) in [6.45, 7) is 4.97. The van der Waals surface area contributed by atoms with E-state index in [1.54, 1.807) is 0 Å². The first-order chi connectivity index (χ1) is 11.0. The Morgan fingerprint density at radius 3 is 2.39 bits per heavy atom. The second kappa shape index (κ2) is 10.6. The predicted octanol–water partition coefficient (Wildman–Crippen LogP) is 0.308. The first-order valence-corrected chi connectivity index (χ1v) is 9.12. The molecule has 2 heterocycles. The Balaban J connectivity index is 0.00000112. The number of aromatic nitrogens is 2. The van der Waals surface area contributed by atoms with Crippen LogP contribution in [0.1, 0.15) is 25.6 Å². The standard InChI is InChI=1S/C10H13N3O6.C2H6.CH3I/c1-4-2-13(10(17)11-8(4)16)9-7(15)6(12-18)5(3-14)19-9;2*1-2/h2,5-7,9,14-15H,3H2,1H3,(H,11,16,17);1-2H3;1H3. The summed E-state index contributed by atoms with van der Waals surface area (Å²) >= 11 is 2.15. The highest BCUT2D eigenvalue weighted by atomic mass is 127. The van der Waals surface area contributed by atoms with Crippen molar-refractivity contribution in [2.45, 2.75) is 45.2 Å². The van der Waals surface area contributed by atoms with Crippen LogP contribution in [0.3, 0.4) is 0 Å². The Labute approximate surface area is 146 Å². The monoisotopic (exact) mass is 443 g/mol. The average Bonchev–Trinajstić information content (AvgIpc) is 2.90. The van der Waals surface area contributed by atoms with E-state index >= 15 is 0 Å². The number of hydrogen-bond acceptors (Lipinski definition) is 7. The van der Waals surface area contributed by atoms with Crippen LogP contribution in [0.4, 0.5) is 0 Å². The van der Waals surface area contributed by atoms with Gasteiger partial charge in [0, 0.05) is 11.8 Å². The van der Waals surface area contributed by atoms with E-state index in [9.17, 15) is 19.6 Å². The fraction of sp³-hybridized carbons (Fsp3) is 0.692. The van der Waals surface area contributed by atoms with E-state index in [0.717, 1.165) is 4.57 Å². The van der Waals surface area contributed by atoms with Crippen LogP contribution in [0.25, 0.3) is 0 Å². The molecule has 23 heavy (non-hydrogen) atoms. The number of ether oxygens (including phenoxy) is 1. The van der Waals surface area contributed by atoms with Crippen LogP contribution in [0, 0.1) is 11.8 Å². The Bertz CT molecular complexity index is 602. The smallest absolute Gasteiger partial charge is 0.330 e. The van der Waals surface area contributed by atoms with E-state index in [0.29, 0.717) is 0 Å². The molecule has 1 aromatic heterocycles. The van der Waals surface area contributed by atoms with Crippen LogP contribution in [0.5, 0.6) is 0 Å². The molecule has 1 fully saturated rings. The number of alkyl halides is 1. The molecule has 0 bridgehead atoms. The maximum atomic E-state index is 11.7. The van der Waals surface area contributed by atoms with Crippen molar-refractivity contribution in [3.63, 3.8) is 0 Å². The zero-order valence-corrected chi connectivity index (χ0v) is 15.6. The van der Waals surface area contributed by atoms with E-state index < -0.39 is 42.3 Å². The molecule has 132 valence electrons. The molecule has 1 aliphatic heterocycles. The molecule has 9 nitrogen and oxygen atoms in total. The molecule has 4 atom stereocenters. The van der Waals surface area contributed by atoms with Crippen molar-refractivity contribution < 1.29 is 14.9 Å². The summed E-state index contributed by atoms with van der Waals surface area (Å²) in [5.74, 6) is 0. The molecule has 0 aliphatic carbocycles. The van der Waals surface area contributed by atoms with Crippen molar-refractivity contribution in [2.75, 3.05) is 11.5 Å². The minimum atomic E-state index is -1.38. The highest BCUT2D eigenvalue weighted by molar-refractivity contribution is 14.1. The summed E-state index contributed by atoms with van der Waals surface area (Å²) < 4.78 is 6.20. The molecule has 1 aromatic rings. The largest absolute Gasteiger partial charge is 0.394 e. The third-order valence-electron chi connectivity index (χ3n) is 3.06. The number of hydrogen-bond donors (Lipinski definition) is 3. The van der Waals surface area contributed by atoms with E-state index in [4.69, 9.17) is 9.84 Å². The molecule has 0 aromatic carbocycles. The van der Waals surface area contributed by atoms with Gasteiger partial charge in [0.05, 0.1) is 6.61 Å². The lowest BCUT2D eigenvalue weighted by molar-refractivity contribution is -0.0532. The molecule has 2 rings (SSSR count). The molecule has 0 spiro atoms. The molecular weight excluding hydrogens is 421 g/mol. The fourth-order valence-corrected chi connectivity index (χ4v) is 2.02. The predicted molar refractivity (Wildman–Crippen MR) is 93.9 cm³/mol. The van der Waals surface area contributed by atoms with Crippen molar-refractivity contribution in [1.29, 1.82) is 0 Å². The van der Waals surface area contributed by atoms with Gasteiger partial charge in [-0.25, -0.2) is 4.79 Å². The van der Waals surface area contributed by atoms with Gasteiger partial charge in [0.25, 0.3) is 5.56 Å². The summed E-state index contributed by atoms with van der Waals surface area (Å²) in [5.41, 5.74) is -1.07. The van der Waals surface area contributed by atoms with Crippen molar-refractivity contribution in [3.8, 4) is 0 Å². The maximum Gasteiger partial charge on any atom is 0.330 e. The lowest BCUT2D eigenvalue weighted by Gasteiger charge is -2.17. The number of halogens is 1. The quantitative estimate of drug-likeness (QED) is 0.350. The van der Waals surface area contributed by atoms with Crippen LogP contribution in [0.2, 0.25) is 0 Å². The lowest BCUT2D eigenvalue weighted by atomic mass is 10.1. The second-order valence-electron chi connectivity index (χ2n) is 4.31. The summed E-state index contributed by atoms with van der Waals surface area (Å²) in [7, 11) is 0. The average molecular weight is 443 g/mol. The summed E-state index contributed by atoms with van der Waals surface area (Å²) in [5, 5.41) is 21.6. The van der Waals surface area contributed by atoms with Gasteiger partial charge in [-0.3, -0.25) is 14.3 Å². The molecule has 1 aliphatic rings. The van der Waals surface area contributed by atoms with Gasteiger partial charge in [-0.1, -0.05) is 41.6 Å². The van der Waals surface area contributed by atoms with Gasteiger partial charge in [0.1, 0.15) is 12.2 Å². The first-order valence-electron chi connectivity index (χ1n) is 6.96. The molecule has 0 radical (unpaired) electrons. The Morgan fingerprint density at radius 2 is 1.96 bits per heavy atom. The Kier molecular flexibility index (Phi) is 10.1. The van der Waals surface area contributed by atoms with Crippen molar-refractivity contribution >= 4 is 22.6 Å². The lowest BCUT2D eigenvalue weighted by Crippen LogP contribution is -2.38. The van der Waals surface area contributed by atoms with Gasteiger partial charge >= 0.3 is 5.69 Å². The molecule has 0 amide bonds. The van der Waals surface area contributed by atoms with Gasteiger partial charge < -0.3 is 14.9 Å². The third-order valence-corrected chi connectivity index (χ3v) is 3.06. The van der Waals surface area contributed by atoms with Gasteiger partial charge in [0.15, 0.2) is 12.3 Å². The van der Waals surface area contributed by atoms with Crippen LogP contribution >= 0.6 is 22.6 Å². The van der Waals surface area contributed by atoms with E-state index in [-0.39, 0.29) is 5.56 Å². The highest BCUT2D eigenvalue weighted by Crippen LogP contribution is 2.30. The normalized spacial score (nSPS) is 25.7. The highest BCUT2D eigenvalue weighted by Gasteiger charge is 2.46. The van der Waals surface area contributed by atoms with Gasteiger partial charge in [-0.15, -0.1) is 0 Å². The summed E-state index contributed by atoms with van der Waals surface area (Å²) in [4.78, 5) is 37.6. The zero-order chi connectivity index (χ0) is 18.2. The van der Waals surface area contributed by atoms with Crippen LogP contribution < -0.4 is 11.2 Å². The minimum absolute atomic E-state index is 0.249. The van der Waals surface area contributed by atoms with Gasteiger partial charge in [0.2, 0.25) is 0 Å². The molecule has 1 saturated heterocycles. The molecule has 4 unspecified atom stereocenters. The number of aromatic amines is 1. The molecular formula is C13H22IN3O6. The fourth-order valence-electron chi connectivity index (χ4n) is 2.02. The van der Waals surface area contributed by atoms with Crippen LogP contribution in [-0.2, 0) is 4.74 Å². The molecule has 0 saturated carbocycles. The van der Waals surface area contributed by atoms with Gasteiger partial charge in [-0.05, 0) is 11.9 Å². The third kappa shape index (κ3) is 4.93. The van der Waals surface area contributed by atoms with E-state index in [1.807, 2.05) is 18.8 Å². The number of aliphatic hydroxyl groups is 2. The number of nitrogens with zero attached hydrogens (tertiary/aromatic N) is 2. The van der Waals surface area contributed by atoms with Crippen LogP contribution in [0.15, 0.2) is 21.0 Å². The summed E-state index contributed by atoms with van der Waals surface area (Å²) in [6.07, 6.45) is -2.33. The zero-order valence-electron chi connectivity index (χ0n) is 13.4. The van der Waals surface area contributed by atoms with Gasteiger partial charge in [-0.2, -0.15) is 4.91 Å². The molecule has 3 N–H and O–H groups in total. The first kappa shape index (κ1) is 21.9. The Morgan fingerprint density at radius 1 is 1.39 bits per heavy atom. The number of rotatable bonds is 3. The van der Waals surface area contributed by atoms with Crippen molar-refractivity contribution in [1.82, 2.24) is 9.55 Å². The van der Waals surface area contributed by atoms with Crippen molar-refractivity contribution in [3.05, 3.63) is 37.5 Å². The number of nitrogens with one attached hydrogen (secondary N) is 1. The number of nitroso groups, excluding NO2 is 1. The second-order valence-corrected chi connectivity index (χ2v) is 4.31. The topological polar surface area (TPSA) is 134 Å². The number of aryl methyl sites for hydroxylation is 1. The Hall–Kier alpha value is -1.11. The van der Waals surface area contributed by atoms with E-state index in [2.05, 4.69) is 32.8 Å². The SMILES string of the molecule is CC.CI.Cc1cn(C2OC(CO)C(N=O)C2O)c(=O)[nH]c1=O. The maximum absolute atomic E-state index is 11.7. The minimum Gasteiger partial charge on any atom is -0.394 e. The van der Waals surface area contributed by atoms with Crippen LogP contribution in [-0.4, -0.2) is 49.6 Å². The van der Waals surface area contributed by atoms with E-state index in [1.165, 1.54) is 13.1 Å². The number of H-pyrrole nitrogens is 1. The molecule has 10 heteroatoms.